The summed E-state index contributed by atoms with van der Waals surface area (Å²) in [6, 6.07) is 15.7. The molecule has 30 heavy (non-hydrogen) atoms. The van der Waals surface area contributed by atoms with Crippen LogP contribution in [0.15, 0.2) is 67.0 Å². The van der Waals surface area contributed by atoms with Gasteiger partial charge in [0.25, 0.3) is 5.91 Å². The van der Waals surface area contributed by atoms with Crippen molar-refractivity contribution in [2.45, 2.75) is 13.8 Å². The van der Waals surface area contributed by atoms with Gasteiger partial charge in [-0.25, -0.2) is 9.37 Å². The van der Waals surface area contributed by atoms with E-state index in [1.54, 1.807) is 42.7 Å². The van der Waals surface area contributed by atoms with Crippen molar-refractivity contribution in [1.82, 2.24) is 19.7 Å². The first kappa shape index (κ1) is 19.3. The Morgan fingerprint density at radius 3 is 2.30 bits per heavy atom. The maximum atomic E-state index is 13.0. The molecule has 0 bridgehead atoms. The number of imidazole rings is 1. The van der Waals surface area contributed by atoms with E-state index in [1.165, 1.54) is 24.3 Å². The fourth-order valence-electron chi connectivity index (χ4n) is 2.76. The van der Waals surface area contributed by atoms with Gasteiger partial charge in [0.1, 0.15) is 17.9 Å². The molecule has 0 radical (unpaired) electrons. The lowest BCUT2D eigenvalue weighted by Crippen LogP contribution is -2.11. The number of nitrogens with zero attached hydrogens (tertiary/aromatic N) is 4. The summed E-state index contributed by atoms with van der Waals surface area (Å²) in [6.45, 7) is 3.90. The first-order valence-corrected chi connectivity index (χ1v) is 9.19. The van der Waals surface area contributed by atoms with Crippen molar-refractivity contribution in [3.63, 3.8) is 0 Å². The molecule has 0 aliphatic heterocycles. The molecule has 2 aromatic carbocycles. The minimum Gasteiger partial charge on any atom is -0.438 e. The number of carbonyl (C=O) groups excluding carboxylic acids is 1. The number of benzene rings is 2. The van der Waals surface area contributed by atoms with Crippen molar-refractivity contribution in [2.24, 2.45) is 0 Å². The number of amides is 1. The van der Waals surface area contributed by atoms with Crippen LogP contribution in [0.1, 0.15) is 21.7 Å². The number of aryl methyl sites for hydroxylation is 1. The van der Waals surface area contributed by atoms with Crippen LogP contribution in [0.4, 0.5) is 10.1 Å². The number of rotatable bonds is 5. The van der Waals surface area contributed by atoms with Crippen LogP contribution < -0.4 is 10.1 Å². The van der Waals surface area contributed by atoms with Crippen LogP contribution in [0.5, 0.6) is 11.6 Å². The predicted octanol–water partition coefficient (Wildman–Crippen LogP) is 4.46. The Hall–Kier alpha value is -4.07. The molecule has 0 fully saturated rings. The minimum atomic E-state index is -0.389. The van der Waals surface area contributed by atoms with E-state index >= 15 is 0 Å². The Labute approximate surface area is 172 Å². The summed E-state index contributed by atoms with van der Waals surface area (Å²) in [5, 5.41) is 11.0. The van der Waals surface area contributed by atoms with E-state index in [2.05, 4.69) is 20.5 Å². The summed E-state index contributed by atoms with van der Waals surface area (Å²) in [4.78, 5) is 16.4. The van der Waals surface area contributed by atoms with Crippen molar-refractivity contribution in [3.8, 4) is 17.4 Å². The van der Waals surface area contributed by atoms with E-state index in [-0.39, 0.29) is 11.7 Å². The van der Waals surface area contributed by atoms with Gasteiger partial charge in [0.2, 0.25) is 5.88 Å². The van der Waals surface area contributed by atoms with E-state index in [0.717, 1.165) is 11.4 Å². The second-order valence-corrected chi connectivity index (χ2v) is 6.60. The van der Waals surface area contributed by atoms with E-state index in [0.29, 0.717) is 28.7 Å². The zero-order valence-electron chi connectivity index (χ0n) is 16.3. The second kappa shape index (κ2) is 8.12. The van der Waals surface area contributed by atoms with Crippen LogP contribution in [-0.2, 0) is 0 Å². The molecule has 1 amide bonds. The molecule has 0 aliphatic rings. The largest absolute Gasteiger partial charge is 0.438 e. The van der Waals surface area contributed by atoms with Crippen LogP contribution in [0, 0.1) is 19.7 Å². The van der Waals surface area contributed by atoms with Gasteiger partial charge in [-0.2, -0.15) is 0 Å². The molecule has 7 nitrogen and oxygen atoms in total. The van der Waals surface area contributed by atoms with Crippen LogP contribution in [0.3, 0.4) is 0 Å². The molecular weight excluding hydrogens is 385 g/mol. The van der Waals surface area contributed by atoms with E-state index in [1.807, 2.05) is 18.4 Å². The zero-order chi connectivity index (χ0) is 21.1. The number of hydrogen-bond acceptors (Lipinski definition) is 5. The van der Waals surface area contributed by atoms with Crippen molar-refractivity contribution in [2.75, 3.05) is 5.32 Å². The lowest BCUT2D eigenvalue weighted by molar-refractivity contribution is 0.102. The summed E-state index contributed by atoms with van der Waals surface area (Å²) < 4.78 is 20.5. The number of ether oxygens (including phenoxy) is 1. The van der Waals surface area contributed by atoms with Gasteiger partial charge < -0.3 is 10.1 Å². The quantitative estimate of drug-likeness (QED) is 0.532. The Balaban J connectivity index is 1.40. The first-order valence-electron chi connectivity index (χ1n) is 9.19. The average Bonchev–Trinajstić information content (AvgIpc) is 3.09. The highest BCUT2D eigenvalue weighted by Crippen LogP contribution is 2.22. The molecule has 150 valence electrons. The normalized spacial score (nSPS) is 10.6. The Morgan fingerprint density at radius 2 is 1.70 bits per heavy atom. The summed E-state index contributed by atoms with van der Waals surface area (Å²) in [5.41, 5.74) is 2.89. The molecule has 0 saturated heterocycles. The van der Waals surface area contributed by atoms with Crippen molar-refractivity contribution >= 4 is 11.6 Å². The van der Waals surface area contributed by atoms with Crippen LogP contribution in [-0.4, -0.2) is 25.7 Å². The van der Waals surface area contributed by atoms with Gasteiger partial charge in [0.05, 0.1) is 5.69 Å². The van der Waals surface area contributed by atoms with Crippen molar-refractivity contribution < 1.29 is 13.9 Å². The summed E-state index contributed by atoms with van der Waals surface area (Å²) in [7, 11) is 0. The molecule has 0 atom stereocenters. The Morgan fingerprint density at radius 1 is 0.967 bits per heavy atom. The monoisotopic (exact) mass is 403 g/mol. The standard InChI is InChI=1S/C22H18FN5O2/c1-14-15(2)28(13-24-14)20-11-12-21(27-26-20)30-19-9-7-18(8-10-19)25-22(29)16-3-5-17(23)6-4-16/h3-13H,1-2H3,(H,25,29). The molecule has 0 unspecified atom stereocenters. The van der Waals surface area contributed by atoms with Gasteiger partial charge in [-0.05, 0) is 68.4 Å². The van der Waals surface area contributed by atoms with Gasteiger partial charge in [0.15, 0.2) is 5.82 Å². The molecule has 1 N–H and O–H groups in total. The number of carbonyl (C=O) groups is 1. The highest BCUT2D eigenvalue weighted by Gasteiger charge is 2.08. The van der Waals surface area contributed by atoms with Gasteiger partial charge in [-0.1, -0.05) is 0 Å². The van der Waals surface area contributed by atoms with E-state index in [4.69, 9.17) is 4.74 Å². The maximum absolute atomic E-state index is 13.0. The minimum absolute atomic E-state index is 0.324. The average molecular weight is 403 g/mol. The third kappa shape index (κ3) is 4.17. The molecule has 2 aromatic heterocycles. The highest BCUT2D eigenvalue weighted by molar-refractivity contribution is 6.04. The third-order valence-corrected chi connectivity index (χ3v) is 4.57. The maximum Gasteiger partial charge on any atom is 0.255 e. The summed E-state index contributed by atoms with van der Waals surface area (Å²) >= 11 is 0. The number of hydrogen-bond donors (Lipinski definition) is 1. The number of nitrogens with one attached hydrogen (secondary N) is 1. The number of aromatic nitrogens is 4. The van der Waals surface area contributed by atoms with Gasteiger partial charge >= 0.3 is 0 Å². The first-order chi connectivity index (χ1) is 14.5. The van der Waals surface area contributed by atoms with Crippen LogP contribution >= 0.6 is 0 Å². The van der Waals surface area contributed by atoms with E-state index in [9.17, 15) is 9.18 Å². The van der Waals surface area contributed by atoms with Crippen molar-refractivity contribution in [1.29, 1.82) is 0 Å². The van der Waals surface area contributed by atoms with Crippen molar-refractivity contribution in [3.05, 3.63) is 89.8 Å². The van der Waals surface area contributed by atoms with Gasteiger partial charge in [-0.3, -0.25) is 9.36 Å². The summed E-state index contributed by atoms with van der Waals surface area (Å²) in [6.07, 6.45) is 1.70. The molecule has 4 rings (SSSR count). The molecule has 2 heterocycles. The molecule has 4 aromatic rings. The van der Waals surface area contributed by atoms with Gasteiger partial charge in [-0.15, -0.1) is 10.2 Å². The topological polar surface area (TPSA) is 81.9 Å². The zero-order valence-corrected chi connectivity index (χ0v) is 16.3. The molecule has 0 aliphatic carbocycles. The molecule has 8 heteroatoms. The van der Waals surface area contributed by atoms with Gasteiger partial charge in [0, 0.05) is 23.0 Å². The second-order valence-electron chi connectivity index (χ2n) is 6.60. The fraction of sp³-hybridized carbons (Fsp3) is 0.0909. The lowest BCUT2D eigenvalue weighted by Gasteiger charge is -2.08. The summed E-state index contributed by atoms with van der Waals surface area (Å²) in [5.74, 6) is 0.830. The smallest absolute Gasteiger partial charge is 0.255 e. The Kier molecular flexibility index (Phi) is 5.21. The third-order valence-electron chi connectivity index (χ3n) is 4.57. The number of anilines is 1. The van der Waals surface area contributed by atoms with Crippen LogP contribution in [0.25, 0.3) is 5.82 Å². The SMILES string of the molecule is Cc1ncn(-c2ccc(Oc3ccc(NC(=O)c4ccc(F)cc4)cc3)nn2)c1C. The molecular formula is C22H18FN5O2. The van der Waals surface area contributed by atoms with E-state index < -0.39 is 0 Å². The number of halogens is 1. The molecule has 0 spiro atoms. The fourth-order valence-corrected chi connectivity index (χ4v) is 2.76. The Bertz CT molecular complexity index is 1170. The lowest BCUT2D eigenvalue weighted by atomic mass is 10.2. The molecule has 0 saturated carbocycles. The van der Waals surface area contributed by atoms with Crippen LogP contribution in [0.2, 0.25) is 0 Å². The highest BCUT2D eigenvalue weighted by atomic mass is 19.1. The predicted molar refractivity (Wildman–Crippen MR) is 109 cm³/mol.